The minimum Gasteiger partial charge on any atom is -0.465 e. The van der Waals surface area contributed by atoms with E-state index >= 15 is 0 Å². The summed E-state index contributed by atoms with van der Waals surface area (Å²) in [4.78, 5) is 24.2. The fourth-order valence-corrected chi connectivity index (χ4v) is 2.03. The van der Waals surface area contributed by atoms with Crippen LogP contribution in [0, 0.1) is 0 Å². The first-order chi connectivity index (χ1) is 10.2. The Kier molecular flexibility index (Phi) is 4.81. The van der Waals surface area contributed by atoms with E-state index in [0.717, 1.165) is 5.39 Å². The van der Waals surface area contributed by atoms with Gasteiger partial charge in [0.2, 0.25) is 0 Å². The summed E-state index contributed by atoms with van der Waals surface area (Å²) in [6, 6.07) is 7.27. The van der Waals surface area contributed by atoms with Crippen LogP contribution < -0.4 is 0 Å². The molecule has 0 saturated carbocycles. The van der Waals surface area contributed by atoms with E-state index in [0.29, 0.717) is 5.39 Å². The van der Waals surface area contributed by atoms with Gasteiger partial charge in [-0.25, -0.2) is 0 Å². The Hall–Kier alpha value is -2.50. The van der Waals surface area contributed by atoms with Crippen molar-refractivity contribution in [3.63, 3.8) is 0 Å². The lowest BCUT2D eigenvalue weighted by molar-refractivity contribution is -0.157. The van der Waals surface area contributed by atoms with Crippen LogP contribution in [0.15, 0.2) is 30.5 Å². The second-order valence-corrected chi connectivity index (χ2v) is 4.25. The highest BCUT2D eigenvalue weighted by Gasteiger charge is 2.34. The molecule has 0 aliphatic carbocycles. The highest BCUT2D eigenvalue weighted by Crippen LogP contribution is 2.25. The first-order valence-electron chi connectivity index (χ1n) is 6.72. The van der Waals surface area contributed by atoms with Crippen LogP contribution in [0.3, 0.4) is 0 Å². The summed E-state index contributed by atoms with van der Waals surface area (Å²) in [6.45, 7) is 3.70. The molecule has 0 saturated heterocycles. The van der Waals surface area contributed by atoms with Crippen molar-refractivity contribution in [2.45, 2.75) is 19.8 Å². The molecule has 1 aromatic heterocycles. The van der Waals surface area contributed by atoms with Crippen LogP contribution in [0.25, 0.3) is 10.8 Å². The molecule has 0 amide bonds. The largest absolute Gasteiger partial charge is 0.465 e. The number of ether oxygens (including phenoxy) is 2. The number of nitrogens with zero attached hydrogens (tertiary/aromatic N) is 2. The summed E-state index contributed by atoms with van der Waals surface area (Å²) in [5, 5.41) is 9.29. The zero-order valence-corrected chi connectivity index (χ0v) is 11.9. The standard InChI is InChI=1S/C15H16N2O4/c1-3-20-14(18)12(15(19)21-4-2)13-11-8-6-5-7-10(11)9-16-17-13/h5-9,12H,3-4H2,1-2H3. The van der Waals surface area contributed by atoms with Crippen molar-refractivity contribution in [1.82, 2.24) is 10.2 Å². The normalized spacial score (nSPS) is 10.6. The highest BCUT2D eigenvalue weighted by molar-refractivity contribution is 6.03. The predicted octanol–water partition coefficient (Wildman–Crippen LogP) is 1.84. The molecule has 0 atom stereocenters. The van der Waals surface area contributed by atoms with Gasteiger partial charge in [-0.15, -0.1) is 0 Å². The van der Waals surface area contributed by atoms with Crippen molar-refractivity contribution < 1.29 is 19.1 Å². The molecule has 110 valence electrons. The fourth-order valence-electron chi connectivity index (χ4n) is 2.03. The summed E-state index contributed by atoms with van der Waals surface area (Å²) in [5.74, 6) is -2.58. The van der Waals surface area contributed by atoms with Crippen molar-refractivity contribution in [3.8, 4) is 0 Å². The van der Waals surface area contributed by atoms with Crippen LogP contribution in [0.2, 0.25) is 0 Å². The van der Waals surface area contributed by atoms with Gasteiger partial charge < -0.3 is 9.47 Å². The number of carbonyl (C=O) groups excluding carboxylic acids is 2. The first-order valence-corrected chi connectivity index (χ1v) is 6.72. The molecule has 0 bridgehead atoms. The van der Waals surface area contributed by atoms with Crippen molar-refractivity contribution in [2.24, 2.45) is 0 Å². The third kappa shape index (κ3) is 3.16. The second kappa shape index (κ2) is 6.78. The molecule has 0 unspecified atom stereocenters. The van der Waals surface area contributed by atoms with E-state index in [4.69, 9.17) is 9.47 Å². The van der Waals surface area contributed by atoms with E-state index in [1.54, 1.807) is 32.2 Å². The number of fused-ring (bicyclic) bond motifs is 1. The molecule has 0 aliphatic heterocycles. The molecule has 0 aliphatic rings. The maximum absolute atomic E-state index is 12.1. The zero-order valence-electron chi connectivity index (χ0n) is 11.9. The fraction of sp³-hybridized carbons (Fsp3) is 0.333. The molecule has 0 fully saturated rings. The third-order valence-electron chi connectivity index (χ3n) is 2.92. The van der Waals surface area contributed by atoms with Crippen LogP contribution in [0.5, 0.6) is 0 Å². The van der Waals surface area contributed by atoms with E-state index in [-0.39, 0.29) is 18.9 Å². The molecule has 1 heterocycles. The molecular formula is C15H16N2O4. The van der Waals surface area contributed by atoms with Gasteiger partial charge in [-0.2, -0.15) is 10.2 Å². The van der Waals surface area contributed by atoms with Crippen molar-refractivity contribution >= 4 is 22.7 Å². The van der Waals surface area contributed by atoms with E-state index in [2.05, 4.69) is 10.2 Å². The minimum atomic E-state index is -1.22. The van der Waals surface area contributed by atoms with Crippen LogP contribution >= 0.6 is 0 Å². The zero-order chi connectivity index (χ0) is 15.2. The smallest absolute Gasteiger partial charge is 0.326 e. The molecule has 2 rings (SSSR count). The topological polar surface area (TPSA) is 78.4 Å². The molecule has 0 spiro atoms. The van der Waals surface area contributed by atoms with Crippen molar-refractivity contribution in [2.75, 3.05) is 13.2 Å². The van der Waals surface area contributed by atoms with Crippen LogP contribution in [0.1, 0.15) is 25.5 Å². The van der Waals surface area contributed by atoms with E-state index in [1.807, 2.05) is 12.1 Å². The molecule has 0 N–H and O–H groups in total. The lowest BCUT2D eigenvalue weighted by atomic mass is 10.00. The SMILES string of the molecule is CCOC(=O)C(C(=O)OCC)c1nncc2ccccc12. The molecule has 6 nitrogen and oxygen atoms in total. The summed E-state index contributed by atoms with van der Waals surface area (Å²) < 4.78 is 9.93. The lowest BCUT2D eigenvalue weighted by Crippen LogP contribution is -2.27. The summed E-state index contributed by atoms with van der Waals surface area (Å²) >= 11 is 0. The number of rotatable bonds is 5. The monoisotopic (exact) mass is 288 g/mol. The average molecular weight is 288 g/mol. The van der Waals surface area contributed by atoms with Gasteiger partial charge in [-0.05, 0) is 13.8 Å². The third-order valence-corrected chi connectivity index (χ3v) is 2.92. The van der Waals surface area contributed by atoms with Gasteiger partial charge in [0.15, 0.2) is 5.92 Å². The van der Waals surface area contributed by atoms with Crippen LogP contribution in [-0.4, -0.2) is 35.3 Å². The van der Waals surface area contributed by atoms with Crippen LogP contribution in [-0.2, 0) is 19.1 Å². The van der Waals surface area contributed by atoms with Gasteiger partial charge in [0.1, 0.15) is 0 Å². The lowest BCUT2D eigenvalue weighted by Gasteiger charge is -2.14. The summed E-state index contributed by atoms with van der Waals surface area (Å²) in [6.07, 6.45) is 1.58. The number of esters is 2. The minimum absolute atomic E-state index is 0.174. The van der Waals surface area contributed by atoms with Gasteiger partial charge in [-0.3, -0.25) is 9.59 Å². The van der Waals surface area contributed by atoms with Crippen LogP contribution in [0.4, 0.5) is 0 Å². The molecule has 0 radical (unpaired) electrons. The number of benzene rings is 1. The van der Waals surface area contributed by atoms with Gasteiger partial charge in [-0.1, -0.05) is 24.3 Å². The number of hydrogen-bond acceptors (Lipinski definition) is 6. The molecule has 6 heteroatoms. The quantitative estimate of drug-likeness (QED) is 0.617. The molecule has 21 heavy (non-hydrogen) atoms. The average Bonchev–Trinajstić information content (AvgIpc) is 2.48. The highest BCUT2D eigenvalue weighted by atomic mass is 16.6. The Bertz CT molecular complexity index is 634. The number of carbonyl (C=O) groups is 2. The Morgan fingerprint density at radius 3 is 2.33 bits per heavy atom. The predicted molar refractivity (Wildman–Crippen MR) is 75.5 cm³/mol. The summed E-state index contributed by atoms with van der Waals surface area (Å²) in [5.41, 5.74) is 0.255. The van der Waals surface area contributed by atoms with Gasteiger partial charge in [0.05, 0.1) is 25.1 Å². The molecular weight excluding hydrogens is 272 g/mol. The van der Waals surface area contributed by atoms with Crippen molar-refractivity contribution in [3.05, 3.63) is 36.2 Å². The maximum atomic E-state index is 12.1. The van der Waals surface area contributed by atoms with E-state index < -0.39 is 17.9 Å². The molecule has 2 aromatic rings. The van der Waals surface area contributed by atoms with Gasteiger partial charge in [0.25, 0.3) is 0 Å². The van der Waals surface area contributed by atoms with Gasteiger partial charge in [0, 0.05) is 10.8 Å². The number of hydrogen-bond donors (Lipinski definition) is 0. The number of aromatic nitrogens is 2. The Morgan fingerprint density at radius 2 is 1.71 bits per heavy atom. The van der Waals surface area contributed by atoms with E-state index in [9.17, 15) is 9.59 Å². The van der Waals surface area contributed by atoms with Gasteiger partial charge >= 0.3 is 11.9 Å². The Balaban J connectivity index is 2.52. The van der Waals surface area contributed by atoms with Crippen molar-refractivity contribution in [1.29, 1.82) is 0 Å². The first kappa shape index (κ1) is 14.9. The van der Waals surface area contributed by atoms with E-state index in [1.165, 1.54) is 0 Å². The summed E-state index contributed by atoms with van der Waals surface area (Å²) in [7, 11) is 0. The second-order valence-electron chi connectivity index (χ2n) is 4.25. The maximum Gasteiger partial charge on any atom is 0.326 e. The molecule has 1 aromatic carbocycles. The Labute approximate surface area is 122 Å². The Morgan fingerprint density at radius 1 is 1.10 bits per heavy atom.